The number of aromatic nitrogens is 1. The number of halogens is 4. The topological polar surface area (TPSA) is 88.4 Å². The van der Waals surface area contributed by atoms with Crippen LogP contribution in [0, 0.1) is 0 Å². The molecule has 1 atom stereocenters. The number of fused-ring (bicyclic) bond motifs is 1. The monoisotopic (exact) mass is 794 g/mol. The second kappa shape index (κ2) is 14.6. The van der Waals surface area contributed by atoms with Crippen LogP contribution in [-0.2, 0) is 16.1 Å². The van der Waals surface area contributed by atoms with E-state index in [1.165, 1.54) is 29.2 Å². The highest BCUT2D eigenvalue weighted by Crippen LogP contribution is 2.37. The molecular formula is C32H26Br2Cl2N2O6S. The molecule has 0 saturated heterocycles. The minimum Gasteiger partial charge on any atom is -0.490 e. The van der Waals surface area contributed by atoms with Gasteiger partial charge in [-0.05, 0) is 99.3 Å². The van der Waals surface area contributed by atoms with Gasteiger partial charge in [0.25, 0.3) is 5.56 Å². The van der Waals surface area contributed by atoms with Crippen molar-refractivity contribution in [3.8, 4) is 17.2 Å². The number of carbonyl (C=O) groups excluding carboxylic acids is 1. The Kier molecular flexibility index (Phi) is 10.8. The van der Waals surface area contributed by atoms with Crippen LogP contribution in [0.3, 0.4) is 0 Å². The highest BCUT2D eigenvalue weighted by molar-refractivity contribution is 9.11. The maximum Gasteiger partial charge on any atom is 0.337 e. The Morgan fingerprint density at radius 1 is 1.00 bits per heavy atom. The summed E-state index contributed by atoms with van der Waals surface area (Å²) in [5.74, 6) is 1.06. The average Bonchev–Trinajstić information content (AvgIpc) is 3.32. The zero-order chi connectivity index (χ0) is 32.2. The summed E-state index contributed by atoms with van der Waals surface area (Å²) < 4.78 is 25.9. The third-order valence-corrected chi connectivity index (χ3v) is 9.48. The molecule has 2 heterocycles. The molecule has 0 fully saturated rings. The zero-order valence-electron chi connectivity index (χ0n) is 24.2. The van der Waals surface area contributed by atoms with Crippen LogP contribution in [-0.4, -0.2) is 30.9 Å². The molecule has 0 bridgehead atoms. The van der Waals surface area contributed by atoms with Crippen LogP contribution in [0.15, 0.2) is 79.0 Å². The molecule has 45 heavy (non-hydrogen) atoms. The minimum absolute atomic E-state index is 0.218. The van der Waals surface area contributed by atoms with E-state index in [0.29, 0.717) is 64.4 Å². The summed E-state index contributed by atoms with van der Waals surface area (Å²) in [5, 5.41) is 1.05. The molecule has 3 aromatic carbocycles. The van der Waals surface area contributed by atoms with E-state index in [1.807, 2.05) is 38.1 Å². The van der Waals surface area contributed by atoms with Crippen molar-refractivity contribution < 1.29 is 23.7 Å². The van der Waals surface area contributed by atoms with Gasteiger partial charge in [0, 0.05) is 21.8 Å². The molecule has 1 aliphatic rings. The van der Waals surface area contributed by atoms with Gasteiger partial charge in [-0.3, -0.25) is 9.36 Å². The summed E-state index contributed by atoms with van der Waals surface area (Å²) in [6.07, 6.45) is 3.22. The average molecular weight is 797 g/mol. The lowest BCUT2D eigenvalue weighted by Gasteiger charge is -2.23. The highest BCUT2D eigenvalue weighted by Gasteiger charge is 2.31. The molecule has 8 nitrogen and oxygen atoms in total. The standard InChI is InChI=1S/C32H26Br2Cl2N2O6S/c1-4-42-25-9-7-18(13-26(25)43-5-2)28-21(31(40)41-3)15-37-32-38(28)30(39)27(45-32)12-17-10-22(33)29(23(34)11-17)44-16-19-6-8-20(35)14-24(19)36/h6-15,28H,4-5,16H2,1-3H3/b27-12-/t28-/m1/s1. The van der Waals surface area contributed by atoms with Crippen LogP contribution in [0.2, 0.25) is 10.0 Å². The Morgan fingerprint density at radius 2 is 1.71 bits per heavy atom. The van der Waals surface area contributed by atoms with Crippen molar-refractivity contribution in [2.75, 3.05) is 20.3 Å². The van der Waals surface area contributed by atoms with E-state index in [9.17, 15) is 9.59 Å². The maximum atomic E-state index is 14.0. The molecule has 0 N–H and O–H groups in total. The van der Waals surface area contributed by atoms with E-state index in [-0.39, 0.29) is 17.7 Å². The van der Waals surface area contributed by atoms with Gasteiger partial charge < -0.3 is 18.9 Å². The number of carbonyl (C=O) groups is 1. The molecule has 1 aromatic heterocycles. The normalized spacial score (nSPS) is 14.3. The summed E-state index contributed by atoms with van der Waals surface area (Å²) >= 11 is 20.7. The molecule has 1 aliphatic heterocycles. The van der Waals surface area contributed by atoms with Gasteiger partial charge in [0.2, 0.25) is 0 Å². The number of hydrogen-bond donors (Lipinski definition) is 0. The number of benzene rings is 3. The van der Waals surface area contributed by atoms with Crippen LogP contribution in [0.4, 0.5) is 0 Å². The van der Waals surface area contributed by atoms with E-state index >= 15 is 0 Å². The van der Waals surface area contributed by atoms with E-state index in [4.69, 9.17) is 42.1 Å². The van der Waals surface area contributed by atoms with Crippen molar-refractivity contribution in [2.45, 2.75) is 26.5 Å². The van der Waals surface area contributed by atoms with Crippen molar-refractivity contribution >= 4 is 78.4 Å². The summed E-state index contributed by atoms with van der Waals surface area (Å²) in [5.41, 5.74) is 2.07. The molecular weight excluding hydrogens is 771 g/mol. The van der Waals surface area contributed by atoms with E-state index in [2.05, 4.69) is 36.9 Å². The smallest absolute Gasteiger partial charge is 0.337 e. The molecule has 0 radical (unpaired) electrons. The van der Waals surface area contributed by atoms with Crippen LogP contribution in [0.25, 0.3) is 6.08 Å². The summed E-state index contributed by atoms with van der Waals surface area (Å²) in [6.45, 7) is 4.85. The number of methoxy groups -OCH3 is 1. The Morgan fingerprint density at radius 3 is 2.38 bits per heavy atom. The van der Waals surface area contributed by atoms with Gasteiger partial charge in [0.05, 0.1) is 45.4 Å². The first-order valence-corrected chi connectivity index (χ1v) is 16.9. The number of esters is 1. The van der Waals surface area contributed by atoms with Gasteiger partial charge in [-0.25, -0.2) is 9.79 Å². The lowest BCUT2D eigenvalue weighted by atomic mass is 9.97. The van der Waals surface area contributed by atoms with E-state index in [1.54, 1.807) is 30.3 Å². The number of rotatable bonds is 10. The second-order valence-corrected chi connectivity index (χ2v) is 13.1. The third kappa shape index (κ3) is 7.18. The van der Waals surface area contributed by atoms with Crippen molar-refractivity contribution in [2.24, 2.45) is 4.99 Å². The predicted molar refractivity (Wildman–Crippen MR) is 183 cm³/mol. The molecule has 13 heteroatoms. The fourth-order valence-corrected chi connectivity index (χ4v) is 7.61. The van der Waals surface area contributed by atoms with Crippen molar-refractivity contribution in [1.29, 1.82) is 0 Å². The SMILES string of the molecule is CCOc1ccc([C@@H]2C(C(=O)OC)=CN=c3s/c(=C\c4cc(Br)c(OCc5ccc(Cl)cc5Cl)c(Br)c4)c(=O)n32)cc1OCC. The lowest BCUT2D eigenvalue weighted by molar-refractivity contribution is -0.136. The maximum absolute atomic E-state index is 14.0. The molecule has 0 aliphatic carbocycles. The number of thiazole rings is 1. The first-order chi connectivity index (χ1) is 21.6. The molecule has 0 amide bonds. The van der Waals surface area contributed by atoms with E-state index in [0.717, 1.165) is 11.1 Å². The second-order valence-electron chi connectivity index (χ2n) is 9.59. The molecule has 0 unspecified atom stereocenters. The first-order valence-electron chi connectivity index (χ1n) is 13.7. The van der Waals surface area contributed by atoms with Gasteiger partial charge in [0.15, 0.2) is 16.3 Å². The van der Waals surface area contributed by atoms with Crippen molar-refractivity contribution in [3.05, 3.63) is 116 Å². The fraction of sp³-hybridized carbons (Fsp3) is 0.219. The third-order valence-electron chi connectivity index (χ3n) is 6.71. The Hall–Kier alpha value is -3.09. The Labute approximate surface area is 289 Å². The summed E-state index contributed by atoms with van der Waals surface area (Å²) in [6, 6.07) is 13.5. The Bertz CT molecular complexity index is 1970. The highest BCUT2D eigenvalue weighted by atomic mass is 79.9. The quantitative estimate of drug-likeness (QED) is 0.158. The van der Waals surface area contributed by atoms with Crippen LogP contribution in [0.1, 0.15) is 36.6 Å². The van der Waals surface area contributed by atoms with Gasteiger partial charge in [-0.2, -0.15) is 0 Å². The minimum atomic E-state index is -0.792. The van der Waals surface area contributed by atoms with Gasteiger partial charge in [-0.15, -0.1) is 0 Å². The Balaban J connectivity index is 1.54. The number of hydrogen-bond acceptors (Lipinski definition) is 8. The summed E-state index contributed by atoms with van der Waals surface area (Å²) in [4.78, 5) is 31.7. The fourth-order valence-electron chi connectivity index (χ4n) is 4.73. The predicted octanol–water partition coefficient (Wildman–Crippen LogP) is 7.23. The number of nitrogens with zero attached hydrogens (tertiary/aromatic N) is 2. The first kappa shape index (κ1) is 33.3. The van der Waals surface area contributed by atoms with Crippen LogP contribution >= 0.6 is 66.4 Å². The van der Waals surface area contributed by atoms with Gasteiger partial charge >= 0.3 is 5.97 Å². The van der Waals surface area contributed by atoms with Gasteiger partial charge in [0.1, 0.15) is 12.4 Å². The van der Waals surface area contributed by atoms with E-state index < -0.39 is 12.0 Å². The van der Waals surface area contributed by atoms with Gasteiger partial charge in [-0.1, -0.05) is 46.7 Å². The van der Waals surface area contributed by atoms with Crippen LogP contribution < -0.4 is 29.1 Å². The molecule has 4 aromatic rings. The van der Waals surface area contributed by atoms with Crippen molar-refractivity contribution in [3.63, 3.8) is 0 Å². The molecule has 0 spiro atoms. The van der Waals surface area contributed by atoms with Crippen LogP contribution in [0.5, 0.6) is 17.2 Å². The van der Waals surface area contributed by atoms with Crippen molar-refractivity contribution in [1.82, 2.24) is 4.57 Å². The largest absolute Gasteiger partial charge is 0.490 e. The lowest BCUT2D eigenvalue weighted by Crippen LogP contribution is -2.39. The number of ether oxygens (including phenoxy) is 4. The molecule has 5 rings (SSSR count). The zero-order valence-corrected chi connectivity index (χ0v) is 29.7. The summed E-state index contributed by atoms with van der Waals surface area (Å²) in [7, 11) is 1.29. The molecule has 0 saturated carbocycles. The molecule has 234 valence electrons.